The van der Waals surface area contributed by atoms with Crippen LogP contribution in [-0.2, 0) is 10.6 Å². The quantitative estimate of drug-likeness (QED) is 0.755. The Morgan fingerprint density at radius 2 is 2.00 bits per heavy atom. The van der Waals surface area contributed by atoms with Crippen LogP contribution in [0.1, 0.15) is 19.4 Å². The third-order valence-electron chi connectivity index (χ3n) is 2.95. The number of hydrogen-bond acceptors (Lipinski definition) is 2. The molecular weight excluding hydrogens is 241 g/mol. The lowest BCUT2D eigenvalue weighted by molar-refractivity contribution is -0.00542. The van der Waals surface area contributed by atoms with Crippen molar-refractivity contribution < 1.29 is 9.13 Å². The van der Waals surface area contributed by atoms with E-state index in [1.165, 1.54) is 6.07 Å². The zero-order valence-electron chi connectivity index (χ0n) is 10.1. The topological polar surface area (TPSA) is 12.5 Å². The first-order valence-electron chi connectivity index (χ1n) is 5.85. The molecule has 0 bridgehead atoms. The van der Waals surface area contributed by atoms with E-state index >= 15 is 0 Å². The van der Waals surface area contributed by atoms with Crippen molar-refractivity contribution >= 4 is 17.3 Å². The largest absolute Gasteiger partial charge is 0.372 e. The normalized spacial score (nSPS) is 25.1. The number of para-hydroxylation sites is 1. The van der Waals surface area contributed by atoms with Gasteiger partial charge < -0.3 is 9.64 Å². The second-order valence-corrected chi connectivity index (χ2v) is 4.81. The van der Waals surface area contributed by atoms with E-state index in [-0.39, 0.29) is 18.0 Å². The van der Waals surface area contributed by atoms with E-state index in [0.29, 0.717) is 24.7 Å². The number of alkyl halides is 1. The molecule has 1 aliphatic rings. The van der Waals surface area contributed by atoms with E-state index in [4.69, 9.17) is 16.3 Å². The molecule has 1 aliphatic heterocycles. The smallest absolute Gasteiger partial charge is 0.146 e. The van der Waals surface area contributed by atoms with Crippen molar-refractivity contribution in [2.24, 2.45) is 0 Å². The number of anilines is 1. The zero-order valence-corrected chi connectivity index (χ0v) is 10.9. The fraction of sp³-hybridized carbons (Fsp3) is 0.538. The molecule has 0 saturated carbocycles. The highest BCUT2D eigenvalue weighted by atomic mass is 35.5. The van der Waals surface area contributed by atoms with Gasteiger partial charge in [-0.2, -0.15) is 0 Å². The molecule has 0 radical (unpaired) electrons. The van der Waals surface area contributed by atoms with Crippen molar-refractivity contribution in [1.82, 2.24) is 0 Å². The average molecular weight is 258 g/mol. The molecule has 1 aromatic carbocycles. The van der Waals surface area contributed by atoms with Crippen LogP contribution in [0.15, 0.2) is 18.2 Å². The Hall–Kier alpha value is -0.800. The van der Waals surface area contributed by atoms with E-state index in [2.05, 4.69) is 0 Å². The Morgan fingerprint density at radius 1 is 1.35 bits per heavy atom. The molecular formula is C13H17ClFNO. The highest BCUT2D eigenvalue weighted by Gasteiger charge is 2.25. The summed E-state index contributed by atoms with van der Waals surface area (Å²) in [5.74, 6) is 0.122. The molecule has 1 saturated heterocycles. The average Bonchev–Trinajstić information content (AvgIpc) is 2.27. The van der Waals surface area contributed by atoms with Crippen molar-refractivity contribution in [3.8, 4) is 0 Å². The standard InChI is InChI=1S/C13H17ClFNO/c1-9-7-16(8-10(2)17-9)13-11(6-14)4-3-5-12(13)15/h3-5,9-10H,6-8H2,1-2H3. The van der Waals surface area contributed by atoms with Gasteiger partial charge in [0.05, 0.1) is 17.9 Å². The van der Waals surface area contributed by atoms with Crippen molar-refractivity contribution in [1.29, 1.82) is 0 Å². The van der Waals surface area contributed by atoms with Gasteiger partial charge in [-0.1, -0.05) is 12.1 Å². The maximum atomic E-state index is 13.9. The van der Waals surface area contributed by atoms with Crippen LogP contribution in [0, 0.1) is 5.82 Å². The number of benzene rings is 1. The van der Waals surface area contributed by atoms with Crippen LogP contribution in [-0.4, -0.2) is 25.3 Å². The van der Waals surface area contributed by atoms with E-state index in [1.54, 1.807) is 6.07 Å². The van der Waals surface area contributed by atoms with Gasteiger partial charge in [-0.15, -0.1) is 11.6 Å². The minimum atomic E-state index is -0.204. The number of nitrogens with zero attached hydrogens (tertiary/aromatic N) is 1. The number of ether oxygens (including phenoxy) is 1. The Balaban J connectivity index is 2.32. The lowest BCUT2D eigenvalue weighted by Crippen LogP contribution is -2.46. The Bertz CT molecular complexity index is 389. The highest BCUT2D eigenvalue weighted by Crippen LogP contribution is 2.28. The molecule has 94 valence electrons. The van der Waals surface area contributed by atoms with Gasteiger partial charge in [0.1, 0.15) is 5.82 Å². The number of morpholine rings is 1. The monoisotopic (exact) mass is 257 g/mol. The summed E-state index contributed by atoms with van der Waals surface area (Å²) in [5, 5.41) is 0. The van der Waals surface area contributed by atoms with Crippen LogP contribution in [0.4, 0.5) is 10.1 Å². The fourth-order valence-electron chi connectivity index (χ4n) is 2.38. The number of rotatable bonds is 2. The first kappa shape index (κ1) is 12.7. The van der Waals surface area contributed by atoms with Gasteiger partial charge in [0.25, 0.3) is 0 Å². The molecule has 1 heterocycles. The van der Waals surface area contributed by atoms with Crippen LogP contribution in [0.2, 0.25) is 0 Å². The Labute approximate surface area is 106 Å². The lowest BCUT2D eigenvalue weighted by atomic mass is 10.1. The molecule has 2 rings (SSSR count). The van der Waals surface area contributed by atoms with Crippen LogP contribution in [0.25, 0.3) is 0 Å². The van der Waals surface area contributed by atoms with E-state index in [0.717, 1.165) is 5.56 Å². The van der Waals surface area contributed by atoms with Crippen LogP contribution in [0.5, 0.6) is 0 Å². The van der Waals surface area contributed by atoms with Gasteiger partial charge in [-0.3, -0.25) is 0 Å². The summed E-state index contributed by atoms with van der Waals surface area (Å²) in [7, 11) is 0. The van der Waals surface area contributed by atoms with Crippen LogP contribution >= 0.6 is 11.6 Å². The number of hydrogen-bond donors (Lipinski definition) is 0. The summed E-state index contributed by atoms with van der Waals surface area (Å²) in [4.78, 5) is 2.03. The first-order valence-corrected chi connectivity index (χ1v) is 6.39. The van der Waals surface area contributed by atoms with E-state index in [9.17, 15) is 4.39 Å². The van der Waals surface area contributed by atoms with Crippen molar-refractivity contribution in [2.75, 3.05) is 18.0 Å². The molecule has 2 nitrogen and oxygen atoms in total. The summed E-state index contributed by atoms with van der Waals surface area (Å²) in [5.41, 5.74) is 1.47. The van der Waals surface area contributed by atoms with Crippen molar-refractivity contribution in [3.05, 3.63) is 29.6 Å². The Morgan fingerprint density at radius 3 is 2.59 bits per heavy atom. The molecule has 0 amide bonds. The molecule has 4 heteroatoms. The second-order valence-electron chi connectivity index (χ2n) is 4.54. The Kier molecular flexibility index (Phi) is 3.89. The molecule has 0 N–H and O–H groups in total. The minimum absolute atomic E-state index is 0.113. The SMILES string of the molecule is CC1CN(c2c(F)cccc2CCl)CC(C)O1. The predicted molar refractivity (Wildman–Crippen MR) is 68.2 cm³/mol. The molecule has 2 atom stereocenters. The van der Waals surface area contributed by atoms with Crippen LogP contribution in [0.3, 0.4) is 0 Å². The molecule has 0 aromatic heterocycles. The molecule has 1 fully saturated rings. The van der Waals surface area contributed by atoms with Gasteiger partial charge in [0.2, 0.25) is 0 Å². The summed E-state index contributed by atoms with van der Waals surface area (Å²) in [6, 6.07) is 5.05. The van der Waals surface area contributed by atoms with Gasteiger partial charge in [-0.25, -0.2) is 4.39 Å². The van der Waals surface area contributed by atoms with E-state index < -0.39 is 0 Å². The maximum absolute atomic E-state index is 13.9. The predicted octanol–water partition coefficient (Wildman–Crippen LogP) is 3.18. The third kappa shape index (κ3) is 2.72. The lowest BCUT2D eigenvalue weighted by Gasteiger charge is -2.37. The highest BCUT2D eigenvalue weighted by molar-refractivity contribution is 6.17. The van der Waals surface area contributed by atoms with Gasteiger partial charge in [-0.05, 0) is 25.5 Å². The van der Waals surface area contributed by atoms with Gasteiger partial charge in [0, 0.05) is 19.0 Å². The maximum Gasteiger partial charge on any atom is 0.146 e. The molecule has 0 spiro atoms. The van der Waals surface area contributed by atoms with E-state index in [1.807, 2.05) is 24.8 Å². The summed E-state index contributed by atoms with van der Waals surface area (Å²) in [6.07, 6.45) is 0.225. The first-order chi connectivity index (χ1) is 8.11. The van der Waals surface area contributed by atoms with Crippen molar-refractivity contribution in [2.45, 2.75) is 31.9 Å². The van der Waals surface area contributed by atoms with Crippen molar-refractivity contribution in [3.63, 3.8) is 0 Å². The van der Waals surface area contributed by atoms with Crippen LogP contribution < -0.4 is 4.90 Å². The van der Waals surface area contributed by atoms with Gasteiger partial charge in [0.15, 0.2) is 0 Å². The molecule has 1 aromatic rings. The molecule has 0 aliphatic carbocycles. The number of halogens is 2. The minimum Gasteiger partial charge on any atom is -0.372 e. The summed E-state index contributed by atoms with van der Waals surface area (Å²) < 4.78 is 19.6. The summed E-state index contributed by atoms with van der Waals surface area (Å²) >= 11 is 5.87. The molecule has 2 unspecified atom stereocenters. The third-order valence-corrected chi connectivity index (χ3v) is 3.24. The second kappa shape index (κ2) is 5.23. The molecule has 17 heavy (non-hydrogen) atoms. The van der Waals surface area contributed by atoms with Gasteiger partial charge >= 0.3 is 0 Å². The zero-order chi connectivity index (χ0) is 12.4. The summed E-state index contributed by atoms with van der Waals surface area (Å²) in [6.45, 7) is 5.41. The fourth-order valence-corrected chi connectivity index (χ4v) is 2.60.